The van der Waals surface area contributed by atoms with E-state index in [1.54, 1.807) is 0 Å². The highest BCUT2D eigenvalue weighted by atomic mass is 19.4. The molecule has 2 saturated heterocycles. The normalized spacial score (nSPS) is 23.3. The van der Waals surface area contributed by atoms with Crippen LogP contribution in [0.2, 0.25) is 0 Å². The van der Waals surface area contributed by atoms with E-state index in [9.17, 15) is 17.6 Å². The topological polar surface area (TPSA) is 15.7 Å². The Morgan fingerprint density at radius 2 is 1.85 bits per heavy atom. The van der Waals surface area contributed by atoms with Gasteiger partial charge in [-0.1, -0.05) is 12.5 Å². The number of halogens is 4. The fourth-order valence-corrected chi connectivity index (χ4v) is 3.82. The first-order valence-electron chi connectivity index (χ1n) is 9.33. The minimum absolute atomic E-state index is 0.344. The van der Waals surface area contributed by atoms with Gasteiger partial charge in [0.05, 0.1) is 18.8 Å². The maximum atomic E-state index is 14.2. The lowest BCUT2D eigenvalue weighted by atomic mass is 9.98. The maximum absolute atomic E-state index is 14.2. The van der Waals surface area contributed by atoms with Gasteiger partial charge in [-0.3, -0.25) is 9.80 Å². The summed E-state index contributed by atoms with van der Waals surface area (Å²) in [6.07, 6.45) is -0.240. The van der Waals surface area contributed by atoms with Crippen LogP contribution in [0.3, 0.4) is 0 Å². The van der Waals surface area contributed by atoms with Crippen molar-refractivity contribution in [1.29, 1.82) is 0 Å². The number of hydrogen-bond acceptors (Lipinski definition) is 3. The summed E-state index contributed by atoms with van der Waals surface area (Å²) in [4.78, 5) is 4.62. The van der Waals surface area contributed by atoms with Gasteiger partial charge in [-0.25, -0.2) is 4.39 Å². The number of alkyl halides is 3. The zero-order valence-electron chi connectivity index (χ0n) is 14.9. The number of ether oxygens (including phenoxy) is 1. The molecule has 2 aliphatic rings. The molecule has 2 aliphatic heterocycles. The van der Waals surface area contributed by atoms with E-state index in [1.807, 2.05) is 0 Å². The van der Waals surface area contributed by atoms with Gasteiger partial charge in [-0.05, 0) is 44.5 Å². The summed E-state index contributed by atoms with van der Waals surface area (Å²) in [5.41, 5.74) is -0.586. The minimum Gasteiger partial charge on any atom is -0.379 e. The fraction of sp³-hybridized carbons (Fsp3) is 0.684. The molecule has 3 nitrogen and oxygen atoms in total. The van der Waals surface area contributed by atoms with E-state index in [0.29, 0.717) is 24.2 Å². The number of nitrogens with zero attached hydrogens (tertiary/aromatic N) is 2. The van der Waals surface area contributed by atoms with Crippen LogP contribution in [0.4, 0.5) is 17.6 Å². The lowest BCUT2D eigenvalue weighted by Crippen LogP contribution is -2.43. The summed E-state index contributed by atoms with van der Waals surface area (Å²) >= 11 is 0. The molecular formula is C19H26F4N2O. The van der Waals surface area contributed by atoms with Crippen LogP contribution >= 0.6 is 0 Å². The maximum Gasteiger partial charge on any atom is 0.416 e. The highest BCUT2D eigenvalue weighted by Gasteiger charge is 2.31. The fourth-order valence-electron chi connectivity index (χ4n) is 3.82. The van der Waals surface area contributed by atoms with Crippen molar-refractivity contribution in [3.63, 3.8) is 0 Å². The van der Waals surface area contributed by atoms with Crippen LogP contribution in [-0.2, 0) is 17.5 Å². The monoisotopic (exact) mass is 374 g/mol. The second-order valence-corrected chi connectivity index (χ2v) is 7.17. The van der Waals surface area contributed by atoms with Gasteiger partial charge in [0.2, 0.25) is 0 Å². The van der Waals surface area contributed by atoms with E-state index in [1.165, 1.54) is 6.07 Å². The first kappa shape index (κ1) is 19.6. The summed E-state index contributed by atoms with van der Waals surface area (Å²) in [6, 6.07) is 3.23. The van der Waals surface area contributed by atoms with Crippen LogP contribution in [0.1, 0.15) is 36.8 Å². The Morgan fingerprint density at radius 1 is 1.08 bits per heavy atom. The highest BCUT2D eigenvalue weighted by molar-refractivity contribution is 5.26. The van der Waals surface area contributed by atoms with Crippen LogP contribution in [0.25, 0.3) is 0 Å². The van der Waals surface area contributed by atoms with Gasteiger partial charge in [0.1, 0.15) is 5.82 Å². The molecule has 0 bridgehead atoms. The highest BCUT2D eigenvalue weighted by Crippen LogP contribution is 2.31. The third-order valence-electron chi connectivity index (χ3n) is 5.39. The Morgan fingerprint density at radius 3 is 2.54 bits per heavy atom. The molecule has 0 unspecified atom stereocenters. The number of morpholine rings is 1. The average molecular weight is 374 g/mol. The van der Waals surface area contributed by atoms with Crippen molar-refractivity contribution in [2.75, 3.05) is 39.4 Å². The Bertz CT molecular complexity index is 587. The smallest absolute Gasteiger partial charge is 0.379 e. The van der Waals surface area contributed by atoms with Crippen LogP contribution in [0, 0.1) is 5.82 Å². The molecular weight excluding hydrogens is 348 g/mol. The zero-order valence-corrected chi connectivity index (χ0v) is 14.9. The van der Waals surface area contributed by atoms with Crippen molar-refractivity contribution < 1.29 is 22.3 Å². The lowest BCUT2D eigenvalue weighted by Gasteiger charge is -2.37. The molecule has 0 N–H and O–H groups in total. The molecule has 0 amide bonds. The molecule has 1 aromatic carbocycles. The van der Waals surface area contributed by atoms with Crippen molar-refractivity contribution in [2.45, 2.75) is 44.4 Å². The zero-order chi connectivity index (χ0) is 18.6. The van der Waals surface area contributed by atoms with Crippen LogP contribution < -0.4 is 0 Å². The Balaban J connectivity index is 1.60. The Hall–Kier alpha value is -1.18. The summed E-state index contributed by atoms with van der Waals surface area (Å²) in [6.45, 7) is 5.66. The third-order valence-corrected chi connectivity index (χ3v) is 5.39. The molecule has 2 fully saturated rings. The molecule has 1 atom stereocenters. The molecule has 0 saturated carbocycles. The standard InChI is InChI=1S/C19H26F4N2O/c20-18-13-16(19(21,22)23)5-4-15(18)14-25-7-2-1-3-17(25)6-8-24-9-11-26-12-10-24/h4-5,13,17H,1-3,6-12,14H2/t17-/m0/s1. The van der Waals surface area contributed by atoms with Gasteiger partial charge in [0.25, 0.3) is 0 Å². The van der Waals surface area contributed by atoms with Gasteiger partial charge in [-0.15, -0.1) is 0 Å². The van der Waals surface area contributed by atoms with Gasteiger partial charge in [-0.2, -0.15) is 13.2 Å². The summed E-state index contributed by atoms with van der Waals surface area (Å²) in [5.74, 6) is -0.766. The molecule has 2 heterocycles. The summed E-state index contributed by atoms with van der Waals surface area (Å²) in [7, 11) is 0. The van der Waals surface area contributed by atoms with Crippen LogP contribution in [0.5, 0.6) is 0 Å². The molecule has 26 heavy (non-hydrogen) atoms. The van der Waals surface area contributed by atoms with Gasteiger partial charge in [0, 0.05) is 31.2 Å². The Kier molecular flexibility index (Phi) is 6.53. The van der Waals surface area contributed by atoms with Gasteiger partial charge < -0.3 is 4.74 Å². The molecule has 0 radical (unpaired) electrons. The first-order valence-corrected chi connectivity index (χ1v) is 9.33. The third kappa shape index (κ3) is 5.18. The number of hydrogen-bond donors (Lipinski definition) is 0. The molecule has 0 aliphatic carbocycles. The van der Waals surface area contributed by atoms with Crippen molar-refractivity contribution in [3.05, 3.63) is 35.1 Å². The molecule has 0 spiro atoms. The van der Waals surface area contributed by atoms with E-state index in [-0.39, 0.29) is 0 Å². The quantitative estimate of drug-likeness (QED) is 0.727. The molecule has 3 rings (SSSR count). The predicted molar refractivity (Wildman–Crippen MR) is 91.3 cm³/mol. The predicted octanol–water partition coefficient (Wildman–Crippen LogP) is 3.92. The second-order valence-electron chi connectivity index (χ2n) is 7.17. The number of likely N-dealkylation sites (tertiary alicyclic amines) is 1. The summed E-state index contributed by atoms with van der Waals surface area (Å²) < 4.78 is 57.7. The number of benzene rings is 1. The van der Waals surface area contributed by atoms with Gasteiger partial charge in [0.15, 0.2) is 0 Å². The summed E-state index contributed by atoms with van der Waals surface area (Å²) in [5, 5.41) is 0. The largest absolute Gasteiger partial charge is 0.416 e. The van der Waals surface area contributed by atoms with Crippen LogP contribution in [-0.4, -0.2) is 55.2 Å². The molecule has 1 aromatic rings. The van der Waals surface area contributed by atoms with E-state index in [4.69, 9.17) is 4.74 Å². The van der Waals surface area contributed by atoms with Crippen molar-refractivity contribution in [3.8, 4) is 0 Å². The number of piperidine rings is 1. The Labute approximate surface area is 151 Å². The van der Waals surface area contributed by atoms with Crippen molar-refractivity contribution in [2.24, 2.45) is 0 Å². The van der Waals surface area contributed by atoms with Crippen molar-refractivity contribution >= 4 is 0 Å². The lowest BCUT2D eigenvalue weighted by molar-refractivity contribution is -0.137. The van der Waals surface area contributed by atoms with Gasteiger partial charge >= 0.3 is 6.18 Å². The first-order chi connectivity index (χ1) is 12.4. The SMILES string of the molecule is Fc1cc(C(F)(F)F)ccc1CN1CCCC[C@H]1CCN1CCOCC1. The van der Waals surface area contributed by atoms with E-state index in [2.05, 4.69) is 9.80 Å². The second kappa shape index (κ2) is 8.67. The van der Waals surface area contributed by atoms with E-state index >= 15 is 0 Å². The number of rotatable bonds is 5. The molecule has 7 heteroatoms. The van der Waals surface area contributed by atoms with E-state index < -0.39 is 17.6 Å². The minimum atomic E-state index is -4.51. The average Bonchev–Trinajstić information content (AvgIpc) is 2.62. The molecule has 0 aromatic heterocycles. The van der Waals surface area contributed by atoms with Crippen LogP contribution in [0.15, 0.2) is 18.2 Å². The molecule has 146 valence electrons. The van der Waals surface area contributed by atoms with E-state index in [0.717, 1.165) is 71.1 Å². The van der Waals surface area contributed by atoms with Crippen molar-refractivity contribution in [1.82, 2.24) is 9.80 Å².